The Morgan fingerprint density at radius 3 is 2.62 bits per heavy atom. The lowest BCUT2D eigenvalue weighted by molar-refractivity contribution is -0.136. The Labute approximate surface area is 150 Å². The molecule has 0 radical (unpaired) electrons. The lowest BCUT2D eigenvalue weighted by Gasteiger charge is -2.28. The van der Waals surface area contributed by atoms with E-state index in [2.05, 4.69) is 27.5 Å². The van der Waals surface area contributed by atoms with Gasteiger partial charge in [-0.05, 0) is 53.4 Å². The molecule has 2 N–H and O–H groups in total. The molecule has 1 fully saturated rings. The van der Waals surface area contributed by atoms with Gasteiger partial charge in [0, 0.05) is 22.7 Å². The van der Waals surface area contributed by atoms with Gasteiger partial charge in [0.15, 0.2) is 0 Å². The van der Waals surface area contributed by atoms with Crippen LogP contribution in [0.2, 0.25) is 5.02 Å². The van der Waals surface area contributed by atoms with Crippen LogP contribution >= 0.6 is 22.9 Å². The zero-order chi connectivity index (χ0) is 17.0. The molecule has 0 aliphatic heterocycles. The summed E-state index contributed by atoms with van der Waals surface area (Å²) in [5.74, 6) is -1.28. The summed E-state index contributed by atoms with van der Waals surface area (Å²) in [5, 5.41) is 10.1. The highest BCUT2D eigenvalue weighted by molar-refractivity contribution is 7.08. The Kier molecular flexibility index (Phi) is 5.21. The minimum absolute atomic E-state index is 0.0357. The summed E-state index contributed by atoms with van der Waals surface area (Å²) in [6.07, 6.45) is 4.39. The summed E-state index contributed by atoms with van der Waals surface area (Å²) in [5.41, 5.74) is 1.74. The molecule has 1 saturated carbocycles. The first-order valence-electron chi connectivity index (χ1n) is 7.96. The summed E-state index contributed by atoms with van der Waals surface area (Å²) in [7, 11) is 0. The fourth-order valence-electron chi connectivity index (χ4n) is 3.27. The van der Waals surface area contributed by atoms with Crippen molar-refractivity contribution >= 4 is 40.4 Å². The fourth-order valence-corrected chi connectivity index (χ4v) is 4.24. The molecule has 1 aliphatic rings. The lowest BCUT2D eigenvalue weighted by Crippen LogP contribution is -2.43. The highest BCUT2D eigenvalue weighted by atomic mass is 35.5. The van der Waals surface area contributed by atoms with Crippen molar-refractivity contribution in [1.82, 2.24) is 5.32 Å². The molecule has 0 unspecified atom stereocenters. The van der Waals surface area contributed by atoms with Crippen molar-refractivity contribution < 1.29 is 9.59 Å². The van der Waals surface area contributed by atoms with Crippen LogP contribution in [0.1, 0.15) is 31.2 Å². The van der Waals surface area contributed by atoms with E-state index in [1.807, 2.05) is 0 Å². The summed E-state index contributed by atoms with van der Waals surface area (Å²) < 4.78 is 0. The molecule has 1 heterocycles. The molecule has 24 heavy (non-hydrogen) atoms. The van der Waals surface area contributed by atoms with Gasteiger partial charge in [0.2, 0.25) is 0 Å². The van der Waals surface area contributed by atoms with Crippen LogP contribution in [-0.4, -0.2) is 18.4 Å². The highest BCUT2D eigenvalue weighted by Gasteiger charge is 2.36. The molecule has 1 aromatic heterocycles. The van der Waals surface area contributed by atoms with Crippen LogP contribution in [0.25, 0.3) is 0 Å². The predicted octanol–water partition coefficient (Wildman–Crippen LogP) is 3.97. The molecule has 1 aromatic carbocycles. The third-order valence-electron chi connectivity index (χ3n) is 4.57. The Hall–Kier alpha value is -1.85. The Balaban J connectivity index is 1.61. The summed E-state index contributed by atoms with van der Waals surface area (Å²) in [6.45, 7) is 0.492. The number of halogens is 1. The standard InChI is InChI=1S/C18H19ClN2O2S/c19-14-4-3-5-15(10-14)21-17(23)16(22)20-12-18(7-1-2-8-18)13-6-9-24-11-13/h3-6,9-11H,1-2,7-8,12H2,(H,20,22)(H,21,23). The molecule has 0 spiro atoms. The maximum absolute atomic E-state index is 12.1. The quantitative estimate of drug-likeness (QED) is 0.808. The molecule has 2 amide bonds. The molecule has 0 saturated heterocycles. The van der Waals surface area contributed by atoms with Crippen LogP contribution in [0, 0.1) is 0 Å². The average Bonchev–Trinajstić information content (AvgIpc) is 3.24. The van der Waals surface area contributed by atoms with Crippen LogP contribution in [0.3, 0.4) is 0 Å². The molecule has 2 aromatic rings. The summed E-state index contributed by atoms with van der Waals surface area (Å²) >= 11 is 7.54. The van der Waals surface area contributed by atoms with Gasteiger partial charge in [-0.2, -0.15) is 11.3 Å². The highest BCUT2D eigenvalue weighted by Crippen LogP contribution is 2.41. The Bertz CT molecular complexity index is 724. The lowest BCUT2D eigenvalue weighted by atomic mass is 9.80. The van der Waals surface area contributed by atoms with E-state index in [0.717, 1.165) is 25.7 Å². The topological polar surface area (TPSA) is 58.2 Å². The predicted molar refractivity (Wildman–Crippen MR) is 97.6 cm³/mol. The Morgan fingerprint density at radius 1 is 1.17 bits per heavy atom. The van der Waals surface area contributed by atoms with E-state index in [4.69, 9.17) is 11.6 Å². The zero-order valence-corrected chi connectivity index (χ0v) is 14.8. The maximum atomic E-state index is 12.1. The number of benzene rings is 1. The minimum Gasteiger partial charge on any atom is -0.347 e. The normalized spacial score (nSPS) is 15.9. The number of thiophene rings is 1. The van der Waals surface area contributed by atoms with Gasteiger partial charge in [0.25, 0.3) is 0 Å². The minimum atomic E-state index is -0.671. The fraction of sp³-hybridized carbons (Fsp3) is 0.333. The van der Waals surface area contributed by atoms with Gasteiger partial charge in [-0.15, -0.1) is 0 Å². The van der Waals surface area contributed by atoms with E-state index in [1.54, 1.807) is 35.6 Å². The summed E-state index contributed by atoms with van der Waals surface area (Å²) in [4.78, 5) is 24.2. The molecule has 0 atom stereocenters. The van der Waals surface area contributed by atoms with Gasteiger partial charge in [0.05, 0.1) is 0 Å². The third-order valence-corrected chi connectivity index (χ3v) is 5.49. The third kappa shape index (κ3) is 3.79. The van der Waals surface area contributed by atoms with Crippen LogP contribution in [-0.2, 0) is 15.0 Å². The number of anilines is 1. The van der Waals surface area contributed by atoms with Gasteiger partial charge in [-0.3, -0.25) is 9.59 Å². The monoisotopic (exact) mass is 362 g/mol. The van der Waals surface area contributed by atoms with Crippen molar-refractivity contribution in [2.75, 3.05) is 11.9 Å². The first kappa shape index (κ1) is 17.0. The van der Waals surface area contributed by atoms with Gasteiger partial charge in [-0.25, -0.2) is 0 Å². The molecule has 0 bridgehead atoms. The summed E-state index contributed by atoms with van der Waals surface area (Å²) in [6, 6.07) is 8.85. The van der Waals surface area contributed by atoms with E-state index in [0.29, 0.717) is 17.3 Å². The van der Waals surface area contributed by atoms with Gasteiger partial charge < -0.3 is 10.6 Å². The second-order valence-electron chi connectivity index (χ2n) is 6.15. The number of amides is 2. The van der Waals surface area contributed by atoms with Crippen molar-refractivity contribution in [3.05, 3.63) is 51.7 Å². The van der Waals surface area contributed by atoms with Gasteiger partial charge in [0.1, 0.15) is 0 Å². The van der Waals surface area contributed by atoms with Gasteiger partial charge in [-0.1, -0.05) is 30.5 Å². The molecule has 1 aliphatic carbocycles. The second kappa shape index (κ2) is 7.36. The number of nitrogens with one attached hydrogen (secondary N) is 2. The van der Waals surface area contributed by atoms with E-state index in [-0.39, 0.29) is 5.41 Å². The van der Waals surface area contributed by atoms with E-state index in [9.17, 15) is 9.59 Å². The first-order valence-corrected chi connectivity index (χ1v) is 9.29. The SMILES string of the molecule is O=C(NCC1(c2ccsc2)CCCC1)C(=O)Nc1cccc(Cl)c1. The largest absolute Gasteiger partial charge is 0.347 e. The number of hydrogen-bond donors (Lipinski definition) is 2. The van der Waals surface area contributed by atoms with Crippen molar-refractivity contribution in [3.63, 3.8) is 0 Å². The van der Waals surface area contributed by atoms with Gasteiger partial charge >= 0.3 is 11.8 Å². The van der Waals surface area contributed by atoms with Crippen molar-refractivity contribution in [2.24, 2.45) is 0 Å². The smallest absolute Gasteiger partial charge is 0.313 e. The van der Waals surface area contributed by atoms with Crippen LogP contribution < -0.4 is 10.6 Å². The number of hydrogen-bond acceptors (Lipinski definition) is 3. The van der Waals surface area contributed by atoms with E-state index >= 15 is 0 Å². The van der Waals surface area contributed by atoms with Crippen LogP contribution in [0.15, 0.2) is 41.1 Å². The molecule has 3 rings (SSSR count). The van der Waals surface area contributed by atoms with Crippen LogP contribution in [0.4, 0.5) is 5.69 Å². The maximum Gasteiger partial charge on any atom is 0.313 e. The molecule has 126 valence electrons. The number of carbonyl (C=O) groups is 2. The van der Waals surface area contributed by atoms with E-state index < -0.39 is 11.8 Å². The average molecular weight is 363 g/mol. The molecule has 6 heteroatoms. The molecular formula is C18H19ClN2O2S. The van der Waals surface area contributed by atoms with Crippen molar-refractivity contribution in [3.8, 4) is 0 Å². The van der Waals surface area contributed by atoms with Crippen LogP contribution in [0.5, 0.6) is 0 Å². The number of carbonyl (C=O) groups excluding carboxylic acids is 2. The van der Waals surface area contributed by atoms with E-state index in [1.165, 1.54) is 5.56 Å². The first-order chi connectivity index (χ1) is 11.6. The molecular weight excluding hydrogens is 344 g/mol. The Morgan fingerprint density at radius 2 is 1.96 bits per heavy atom. The zero-order valence-electron chi connectivity index (χ0n) is 13.2. The van der Waals surface area contributed by atoms with Crippen molar-refractivity contribution in [1.29, 1.82) is 0 Å². The molecule has 4 nitrogen and oxygen atoms in total. The number of rotatable bonds is 4. The second-order valence-corrected chi connectivity index (χ2v) is 7.36. The van der Waals surface area contributed by atoms with Crippen molar-refractivity contribution in [2.45, 2.75) is 31.1 Å².